The van der Waals surface area contributed by atoms with Gasteiger partial charge in [0.2, 0.25) is 65.0 Å². The number of aliphatic hydroxyl groups is 1. The van der Waals surface area contributed by atoms with Crippen LogP contribution >= 0.6 is 0 Å². The van der Waals surface area contributed by atoms with Gasteiger partial charge in [0.15, 0.2) is 11.9 Å². The van der Waals surface area contributed by atoms with Crippen molar-refractivity contribution in [3.05, 3.63) is 150 Å². The fraction of sp³-hybridized carbons (Fsp3) is 0.446. The van der Waals surface area contributed by atoms with Gasteiger partial charge in [-0.25, -0.2) is 0 Å². The molecule has 5 aromatic carbocycles. The summed E-state index contributed by atoms with van der Waals surface area (Å²) in [6, 6.07) is 22.8. The van der Waals surface area contributed by atoms with E-state index in [1.807, 2.05) is 42.5 Å². The van der Waals surface area contributed by atoms with Crippen LogP contribution < -0.4 is 76.5 Å². The smallest absolute Gasteiger partial charge is 0.245 e. The Balaban J connectivity index is 1.14. The number of aromatic hydroxyl groups is 1. The van der Waals surface area contributed by atoms with E-state index in [1.165, 1.54) is 43.0 Å². The number of guanidine groups is 2. The molecule has 0 radical (unpaired) electrons. The van der Waals surface area contributed by atoms with E-state index in [9.17, 15) is 53.4 Å². The minimum absolute atomic E-state index is 0.00814. The van der Waals surface area contributed by atoms with Crippen molar-refractivity contribution in [1.82, 2.24) is 52.8 Å². The molecule has 1 aliphatic heterocycles. The summed E-state index contributed by atoms with van der Waals surface area (Å²) < 4.78 is 0. The van der Waals surface area contributed by atoms with Crippen molar-refractivity contribution in [2.24, 2.45) is 44.6 Å². The normalized spacial score (nSPS) is 16.1. The van der Waals surface area contributed by atoms with Gasteiger partial charge in [-0.15, -0.1) is 0 Å². The monoisotopic (exact) mass is 1430 g/mol. The van der Waals surface area contributed by atoms with E-state index in [0.717, 1.165) is 48.4 Å². The molecule has 30 nitrogen and oxygen atoms in total. The van der Waals surface area contributed by atoms with Gasteiger partial charge < -0.3 is 91.6 Å². The maximum atomic E-state index is 15.0. The van der Waals surface area contributed by atoms with Crippen molar-refractivity contribution in [2.75, 3.05) is 26.2 Å². The molecule has 104 heavy (non-hydrogen) atoms. The average molecular weight is 1430 g/mol. The quantitative estimate of drug-likeness (QED) is 0.0138. The molecule has 10 atom stereocenters. The molecular formula is C74H99N17O13. The summed E-state index contributed by atoms with van der Waals surface area (Å²) in [4.78, 5) is 166. The molecular weight excluding hydrogens is 1330 g/mol. The van der Waals surface area contributed by atoms with E-state index in [4.69, 9.17) is 28.7 Å². The summed E-state index contributed by atoms with van der Waals surface area (Å²) in [5.74, 6) is -9.27. The molecule has 5 aromatic rings. The van der Waals surface area contributed by atoms with Crippen LogP contribution in [0.3, 0.4) is 0 Å². The van der Waals surface area contributed by atoms with Crippen molar-refractivity contribution in [3.8, 4) is 5.75 Å². The molecule has 1 saturated heterocycles. The number of nitrogens with two attached hydrogens (primary N) is 5. The van der Waals surface area contributed by atoms with Crippen molar-refractivity contribution in [1.29, 1.82) is 0 Å². The van der Waals surface area contributed by atoms with Crippen LogP contribution in [0.15, 0.2) is 137 Å². The van der Waals surface area contributed by atoms with E-state index in [2.05, 4.69) is 57.8 Å². The topological polar surface area (TPSA) is 495 Å². The van der Waals surface area contributed by atoms with Gasteiger partial charge in [0, 0.05) is 52.2 Å². The highest BCUT2D eigenvalue weighted by molar-refractivity contribution is 5.99. The first-order valence-electron chi connectivity index (χ1n) is 35.2. The van der Waals surface area contributed by atoms with E-state index in [1.54, 1.807) is 60.7 Å². The zero-order valence-corrected chi connectivity index (χ0v) is 58.7. The number of amides is 11. The van der Waals surface area contributed by atoms with Crippen molar-refractivity contribution >= 4 is 87.7 Å². The standard InChI is InChI=1S/C74H99N17O13/c1-44(63(75)95)82-71(103)62-27-16-36-91(62)72(104)55(26-15-35-81-74(78)79)85-67(99)57(38-46-17-6-3-7-18-46)86-64(96)54(25-14-34-80-73(76)77)84-66(98)60(41-49-29-32-53(94)33-30-49)89-70(102)61(43-92)90-69(101)59(40-48-21-10-5-11-22-48)88-68(100)58(39-47-19-8-4-9-20-47)87-65(97)56(83-45(2)93)42-50-28-31-51-23-12-13-24-52(51)37-50/h4-5,8-13,19-24,28-33,37,44,46,54-62,92,94H,3,6-7,14-18,25-27,34-36,38-43H2,1-2H3,(H2,75,95)(H,82,103)(H,83,93)(H,84,98)(H,85,99)(H,86,96)(H,87,97)(H,88,100)(H,89,102)(H,90,101)(H4,76,77,80)(H4,78,79,81)/t44-,54-,55+,56-,57+,58-,59-,60+,61+,62+/m1/s1. The Morgan fingerprint density at radius 2 is 0.885 bits per heavy atom. The predicted molar refractivity (Wildman–Crippen MR) is 391 cm³/mol. The summed E-state index contributed by atoms with van der Waals surface area (Å²) in [6.07, 6.45) is 4.53. The molecule has 2 aliphatic rings. The van der Waals surface area contributed by atoms with Crippen LogP contribution in [0, 0.1) is 5.92 Å². The third-order valence-electron chi connectivity index (χ3n) is 18.3. The number of aliphatic hydroxyl groups excluding tert-OH is 1. The lowest BCUT2D eigenvalue weighted by molar-refractivity contribution is -0.142. The van der Waals surface area contributed by atoms with Crippen molar-refractivity contribution in [2.45, 2.75) is 177 Å². The third kappa shape index (κ3) is 25.7. The largest absolute Gasteiger partial charge is 0.508 e. The molecule has 1 saturated carbocycles. The maximum Gasteiger partial charge on any atom is 0.245 e. The van der Waals surface area contributed by atoms with Gasteiger partial charge in [-0.1, -0.05) is 147 Å². The number of primary amides is 1. The van der Waals surface area contributed by atoms with Gasteiger partial charge in [-0.2, -0.15) is 0 Å². The van der Waals surface area contributed by atoms with Crippen LogP contribution in [0.1, 0.15) is 113 Å². The van der Waals surface area contributed by atoms with Gasteiger partial charge in [0.25, 0.3) is 0 Å². The van der Waals surface area contributed by atoms with Crippen LogP contribution in [-0.2, 0) is 78.4 Å². The second kappa shape index (κ2) is 40.5. The number of phenolic OH excluding ortho intramolecular Hbond substituents is 1. The number of phenols is 1. The zero-order valence-electron chi connectivity index (χ0n) is 58.7. The SMILES string of the molecule is CC(=O)N[C@H](Cc1ccc2ccccc2c1)C(=O)N[C@H](Cc1ccccc1)C(=O)N[C@H](Cc1ccccc1)C(=O)N[C@@H](CO)C(=O)N[C@@H](Cc1ccc(O)cc1)C(=O)N[C@H](CCCN=C(N)N)C(=O)N[C@@H](CC1CCCCC1)C(=O)N[C@@H](CCCN=C(N)N)C(=O)N1CCC[C@H]1C(=O)N[C@H](C)C(N)=O. The number of rotatable bonds is 38. The molecule has 558 valence electrons. The van der Waals surface area contributed by atoms with Crippen LogP contribution in [-0.4, -0.2) is 179 Å². The number of benzene rings is 5. The predicted octanol–water partition coefficient (Wildman–Crippen LogP) is -0.235. The Hall–Kier alpha value is -11.2. The lowest BCUT2D eigenvalue weighted by Gasteiger charge is -2.32. The molecule has 1 aliphatic carbocycles. The van der Waals surface area contributed by atoms with E-state index < -0.39 is 132 Å². The number of carbonyl (C=O) groups is 11. The molecule has 1 heterocycles. The van der Waals surface area contributed by atoms with Gasteiger partial charge in [0.1, 0.15) is 66.2 Å². The maximum absolute atomic E-state index is 15.0. The van der Waals surface area contributed by atoms with E-state index in [-0.39, 0.29) is 107 Å². The molecule has 0 bridgehead atoms. The molecule has 0 unspecified atom stereocenters. The van der Waals surface area contributed by atoms with E-state index >= 15 is 9.59 Å². The summed E-state index contributed by atoms with van der Waals surface area (Å²) in [5, 5.41) is 47.5. The number of aliphatic imine (C=N–C) groups is 2. The molecule has 11 amide bonds. The van der Waals surface area contributed by atoms with Crippen LogP contribution in [0.25, 0.3) is 10.8 Å². The van der Waals surface area contributed by atoms with Crippen molar-refractivity contribution < 1.29 is 63.0 Å². The van der Waals surface area contributed by atoms with Crippen LogP contribution in [0.5, 0.6) is 5.75 Å². The summed E-state index contributed by atoms with van der Waals surface area (Å²) in [5.41, 5.74) is 30.3. The van der Waals surface area contributed by atoms with Gasteiger partial charge in [-0.3, -0.25) is 62.7 Å². The average Bonchev–Trinajstić information content (AvgIpc) is 1.53. The number of hydrogen-bond donors (Lipinski definition) is 16. The number of likely N-dealkylation sites (tertiary alicyclic amines) is 1. The molecule has 2 fully saturated rings. The lowest BCUT2D eigenvalue weighted by Crippen LogP contribution is -2.61. The number of fused-ring (bicyclic) bond motifs is 1. The lowest BCUT2D eigenvalue weighted by atomic mass is 9.84. The summed E-state index contributed by atoms with van der Waals surface area (Å²) in [6.45, 7) is 1.84. The molecule has 30 heteroatoms. The number of carbonyl (C=O) groups excluding carboxylic acids is 11. The highest BCUT2D eigenvalue weighted by Crippen LogP contribution is 2.28. The second-order valence-corrected chi connectivity index (χ2v) is 26.5. The summed E-state index contributed by atoms with van der Waals surface area (Å²) in [7, 11) is 0. The first kappa shape index (κ1) is 80.1. The van der Waals surface area contributed by atoms with Gasteiger partial charge in [0.05, 0.1) is 6.61 Å². The van der Waals surface area contributed by atoms with Crippen LogP contribution in [0.4, 0.5) is 0 Å². The third-order valence-corrected chi connectivity index (χ3v) is 18.3. The van der Waals surface area contributed by atoms with E-state index in [0.29, 0.717) is 23.1 Å². The van der Waals surface area contributed by atoms with Gasteiger partial charge in [-0.05, 0) is 103 Å². The number of nitrogens with one attached hydrogen (secondary N) is 9. The Morgan fingerprint density at radius 1 is 0.462 bits per heavy atom. The summed E-state index contributed by atoms with van der Waals surface area (Å²) >= 11 is 0. The van der Waals surface area contributed by atoms with Gasteiger partial charge >= 0.3 is 0 Å². The minimum Gasteiger partial charge on any atom is -0.508 e. The second-order valence-electron chi connectivity index (χ2n) is 26.5. The van der Waals surface area contributed by atoms with Crippen molar-refractivity contribution in [3.63, 3.8) is 0 Å². The molecule has 0 aromatic heterocycles. The Morgan fingerprint density at radius 3 is 1.40 bits per heavy atom. The highest BCUT2D eigenvalue weighted by Gasteiger charge is 2.41. The molecule has 7 rings (SSSR count). The fourth-order valence-corrected chi connectivity index (χ4v) is 12.8. The molecule has 0 spiro atoms. The first-order valence-corrected chi connectivity index (χ1v) is 35.2. The first-order chi connectivity index (χ1) is 49.8. The highest BCUT2D eigenvalue weighted by atomic mass is 16.3. The number of nitrogens with zero attached hydrogens (tertiary/aromatic N) is 3. The Bertz CT molecular complexity index is 3810. The molecule has 21 N–H and O–H groups in total. The Labute approximate surface area is 604 Å². The number of hydrogen-bond acceptors (Lipinski definition) is 15. The minimum atomic E-state index is -1.81. The van der Waals surface area contributed by atoms with Crippen LogP contribution in [0.2, 0.25) is 0 Å². The fourth-order valence-electron chi connectivity index (χ4n) is 12.8. The zero-order chi connectivity index (χ0) is 75.2. The Kier molecular flexibility index (Phi) is 31.2.